The van der Waals surface area contributed by atoms with Gasteiger partial charge in [0.15, 0.2) is 5.03 Å². The number of hydrazine groups is 1. The van der Waals surface area contributed by atoms with Crippen LogP contribution in [0.4, 0.5) is 5.69 Å². The summed E-state index contributed by atoms with van der Waals surface area (Å²) in [7, 11) is 0. The summed E-state index contributed by atoms with van der Waals surface area (Å²) in [5.41, 5.74) is 7.83. The Bertz CT molecular complexity index is 431. The Morgan fingerprint density at radius 1 is 1.53 bits per heavy atom. The average Bonchev–Trinajstić information content (AvgIpc) is 2.17. The van der Waals surface area contributed by atoms with Crippen molar-refractivity contribution >= 4 is 11.6 Å². The second-order valence-electron chi connectivity index (χ2n) is 2.52. The van der Waals surface area contributed by atoms with E-state index in [1.165, 1.54) is 24.3 Å². The largest absolute Gasteiger partial charge is 0.365 e. The van der Waals surface area contributed by atoms with E-state index < -0.39 is 5.03 Å². The number of rotatable bonds is 2. The Kier molecular flexibility index (Phi) is 3.19. The van der Waals surface area contributed by atoms with Crippen molar-refractivity contribution in [2.24, 2.45) is 10.7 Å². The Labute approximate surface area is 85.0 Å². The number of hydrogen-bond acceptors (Lipinski definition) is 4. The molecule has 0 bridgehead atoms. The molecule has 0 fully saturated rings. The Morgan fingerprint density at radius 2 is 2.13 bits per heavy atom. The van der Waals surface area contributed by atoms with Crippen molar-refractivity contribution in [1.82, 2.24) is 5.43 Å². The maximum Gasteiger partial charge on any atom is 0.256 e. The summed E-state index contributed by atoms with van der Waals surface area (Å²) in [6.07, 6.45) is 0. The Balaban J connectivity index is 2.80. The zero-order valence-electron chi connectivity index (χ0n) is 7.54. The predicted molar refractivity (Wildman–Crippen MR) is 52.6 cm³/mol. The minimum absolute atomic E-state index is 0.315. The molecule has 0 amide bonds. The van der Waals surface area contributed by atoms with Crippen LogP contribution in [0.1, 0.15) is 5.56 Å². The van der Waals surface area contributed by atoms with Crippen molar-refractivity contribution in [3.63, 3.8) is 0 Å². The van der Waals surface area contributed by atoms with Crippen LogP contribution in [0.3, 0.4) is 0 Å². The summed E-state index contributed by atoms with van der Waals surface area (Å²) in [5.74, 6) is -0.315. The quantitative estimate of drug-likeness (QED) is 0.311. The van der Waals surface area contributed by atoms with Gasteiger partial charge in [-0.05, 0) is 24.3 Å². The molecule has 3 N–H and O–H groups in total. The van der Waals surface area contributed by atoms with E-state index in [-0.39, 0.29) is 5.96 Å². The molecule has 0 spiro atoms. The standard InChI is InChI=1S/C8H7N5O2/c9-5-6-1-3-7(4-2-6)11-8(10)12-13(14)15/h1-4H,(H3,10,11,12). The van der Waals surface area contributed by atoms with Gasteiger partial charge in [0.1, 0.15) is 0 Å². The zero-order chi connectivity index (χ0) is 11.3. The molecule has 0 aliphatic carbocycles. The molecule has 1 aromatic rings. The van der Waals surface area contributed by atoms with E-state index in [9.17, 15) is 10.1 Å². The number of aliphatic imine (C=N–C) groups is 1. The SMILES string of the molecule is N#Cc1ccc(N=C(N)N[N+](=O)[O-])cc1. The van der Waals surface area contributed by atoms with Crippen LogP contribution in [0.2, 0.25) is 0 Å². The predicted octanol–water partition coefficient (Wildman–Crippen LogP) is 0.286. The molecule has 0 saturated carbocycles. The van der Waals surface area contributed by atoms with Crippen molar-refractivity contribution in [2.75, 3.05) is 0 Å². The van der Waals surface area contributed by atoms with Crippen molar-refractivity contribution in [2.45, 2.75) is 0 Å². The van der Waals surface area contributed by atoms with Crippen LogP contribution < -0.4 is 11.2 Å². The van der Waals surface area contributed by atoms with E-state index in [4.69, 9.17) is 11.0 Å². The fraction of sp³-hybridized carbons (Fsp3) is 0. The summed E-state index contributed by atoms with van der Waals surface area (Å²) in [6, 6.07) is 8.09. The number of nitro groups is 1. The maximum atomic E-state index is 9.99. The van der Waals surface area contributed by atoms with Gasteiger partial charge >= 0.3 is 0 Å². The lowest BCUT2D eigenvalue weighted by molar-refractivity contribution is -0.525. The van der Waals surface area contributed by atoms with Gasteiger partial charge < -0.3 is 5.73 Å². The topological polar surface area (TPSA) is 117 Å². The first kappa shape index (κ1) is 10.5. The highest BCUT2D eigenvalue weighted by Gasteiger charge is 1.99. The number of hydrogen-bond donors (Lipinski definition) is 2. The van der Waals surface area contributed by atoms with E-state index in [1.54, 1.807) is 5.43 Å². The third-order valence-electron chi connectivity index (χ3n) is 1.45. The van der Waals surface area contributed by atoms with Gasteiger partial charge in [-0.1, -0.05) is 5.43 Å². The van der Waals surface area contributed by atoms with Gasteiger partial charge in [-0.15, -0.1) is 0 Å². The van der Waals surface area contributed by atoms with Crippen molar-refractivity contribution < 1.29 is 5.03 Å². The normalized spacial score (nSPS) is 10.5. The molecule has 1 aromatic carbocycles. The van der Waals surface area contributed by atoms with Crippen molar-refractivity contribution in [3.05, 3.63) is 39.9 Å². The fourth-order valence-electron chi connectivity index (χ4n) is 0.868. The molecular formula is C8H7N5O2. The van der Waals surface area contributed by atoms with Gasteiger partial charge in [0, 0.05) is 0 Å². The molecule has 0 saturated heterocycles. The minimum atomic E-state index is -0.803. The molecule has 0 aliphatic rings. The first-order chi connectivity index (χ1) is 7.11. The van der Waals surface area contributed by atoms with E-state index in [1.807, 2.05) is 6.07 Å². The third-order valence-corrected chi connectivity index (χ3v) is 1.45. The number of nitrogens with two attached hydrogens (primary N) is 1. The first-order valence-corrected chi connectivity index (χ1v) is 3.87. The van der Waals surface area contributed by atoms with Crippen LogP contribution in [0, 0.1) is 21.4 Å². The van der Waals surface area contributed by atoms with Crippen LogP contribution in [0.5, 0.6) is 0 Å². The van der Waals surface area contributed by atoms with Crippen LogP contribution in [-0.2, 0) is 0 Å². The fourth-order valence-corrected chi connectivity index (χ4v) is 0.868. The van der Waals surface area contributed by atoms with Gasteiger partial charge in [-0.2, -0.15) is 5.26 Å². The van der Waals surface area contributed by atoms with E-state index in [0.717, 1.165) is 0 Å². The van der Waals surface area contributed by atoms with Crippen LogP contribution in [0.25, 0.3) is 0 Å². The summed E-state index contributed by atoms with van der Waals surface area (Å²) in [5, 5.41) is 17.7. The van der Waals surface area contributed by atoms with Crippen LogP contribution in [-0.4, -0.2) is 11.0 Å². The van der Waals surface area contributed by atoms with Crippen molar-refractivity contribution in [3.8, 4) is 6.07 Å². The molecule has 7 nitrogen and oxygen atoms in total. The smallest absolute Gasteiger partial charge is 0.256 e. The second kappa shape index (κ2) is 4.57. The molecule has 0 heterocycles. The zero-order valence-corrected chi connectivity index (χ0v) is 7.54. The number of nitrogens with one attached hydrogen (secondary N) is 1. The molecule has 0 aromatic heterocycles. The highest BCUT2D eigenvalue weighted by Crippen LogP contribution is 2.11. The number of nitriles is 1. The highest BCUT2D eigenvalue weighted by atomic mass is 16.7. The van der Waals surface area contributed by atoms with Gasteiger partial charge in [0.25, 0.3) is 5.96 Å². The van der Waals surface area contributed by atoms with E-state index >= 15 is 0 Å². The Hall–Kier alpha value is -2.62. The molecule has 76 valence electrons. The molecule has 1 rings (SSSR count). The van der Waals surface area contributed by atoms with Gasteiger partial charge in [0.2, 0.25) is 0 Å². The lowest BCUT2D eigenvalue weighted by Crippen LogP contribution is -2.35. The number of benzene rings is 1. The average molecular weight is 205 g/mol. The lowest BCUT2D eigenvalue weighted by Gasteiger charge is -1.96. The molecule has 7 heteroatoms. The van der Waals surface area contributed by atoms with Gasteiger partial charge in [-0.25, -0.2) is 15.1 Å². The summed E-state index contributed by atoms with van der Waals surface area (Å²) in [6.45, 7) is 0. The first-order valence-electron chi connectivity index (χ1n) is 3.87. The monoisotopic (exact) mass is 205 g/mol. The van der Waals surface area contributed by atoms with Crippen LogP contribution in [0.15, 0.2) is 29.3 Å². The highest BCUT2D eigenvalue weighted by molar-refractivity contribution is 5.79. The van der Waals surface area contributed by atoms with Gasteiger partial charge in [-0.3, -0.25) is 0 Å². The summed E-state index contributed by atoms with van der Waals surface area (Å²) >= 11 is 0. The van der Waals surface area contributed by atoms with E-state index in [2.05, 4.69) is 4.99 Å². The number of nitrogens with zero attached hydrogens (tertiary/aromatic N) is 3. The van der Waals surface area contributed by atoms with Crippen molar-refractivity contribution in [1.29, 1.82) is 5.26 Å². The molecule has 0 radical (unpaired) electrons. The van der Waals surface area contributed by atoms with E-state index in [0.29, 0.717) is 11.3 Å². The molecular weight excluding hydrogens is 198 g/mol. The second-order valence-corrected chi connectivity index (χ2v) is 2.52. The molecule has 0 aliphatic heterocycles. The Morgan fingerprint density at radius 3 is 2.60 bits per heavy atom. The van der Waals surface area contributed by atoms with Gasteiger partial charge in [0.05, 0.1) is 17.3 Å². The maximum absolute atomic E-state index is 9.99. The molecule has 0 atom stereocenters. The van der Waals surface area contributed by atoms with Crippen LogP contribution >= 0.6 is 0 Å². The molecule has 15 heavy (non-hydrogen) atoms. The lowest BCUT2D eigenvalue weighted by atomic mass is 10.2. The molecule has 0 unspecified atom stereocenters. The minimum Gasteiger partial charge on any atom is -0.365 e. The summed E-state index contributed by atoms with van der Waals surface area (Å²) in [4.78, 5) is 13.7. The summed E-state index contributed by atoms with van der Waals surface area (Å²) < 4.78 is 0. The third kappa shape index (κ3) is 3.31. The number of guanidine groups is 1.